The standard InChI is InChI=1S/C24H29ClN2O4/c1-29-23-9-6-20(25)15-19(23)16-26-10-12-27(13-11-26)24(28)18-4-7-21(8-5-18)31-17-22-3-2-14-30-22/h4-9,15,22H,2-3,10-14,16-17H2,1H3. The van der Waals surface area contributed by atoms with Gasteiger partial charge in [0.1, 0.15) is 18.1 Å². The molecule has 2 heterocycles. The van der Waals surface area contributed by atoms with E-state index in [1.54, 1.807) is 7.11 Å². The molecule has 31 heavy (non-hydrogen) atoms. The molecular weight excluding hydrogens is 416 g/mol. The number of nitrogens with zero attached hydrogens (tertiary/aromatic N) is 2. The molecule has 2 aliphatic rings. The summed E-state index contributed by atoms with van der Waals surface area (Å²) in [6.07, 6.45) is 2.33. The summed E-state index contributed by atoms with van der Waals surface area (Å²) in [5.74, 6) is 1.67. The van der Waals surface area contributed by atoms with E-state index in [1.807, 2.05) is 47.4 Å². The van der Waals surface area contributed by atoms with E-state index in [2.05, 4.69) is 4.90 Å². The number of carbonyl (C=O) groups is 1. The summed E-state index contributed by atoms with van der Waals surface area (Å²) >= 11 is 6.15. The van der Waals surface area contributed by atoms with Gasteiger partial charge in [-0.3, -0.25) is 9.69 Å². The number of carbonyl (C=O) groups excluding carboxylic acids is 1. The minimum absolute atomic E-state index is 0.0608. The maximum atomic E-state index is 12.9. The summed E-state index contributed by atoms with van der Waals surface area (Å²) in [4.78, 5) is 17.1. The summed E-state index contributed by atoms with van der Waals surface area (Å²) in [6.45, 7) is 5.14. The van der Waals surface area contributed by atoms with Crippen LogP contribution in [-0.4, -0.2) is 68.3 Å². The van der Waals surface area contributed by atoms with E-state index in [1.165, 1.54) is 0 Å². The molecule has 0 aliphatic carbocycles. The zero-order valence-corrected chi connectivity index (χ0v) is 18.6. The minimum atomic E-state index is 0.0608. The molecule has 0 radical (unpaired) electrons. The monoisotopic (exact) mass is 444 g/mol. The van der Waals surface area contributed by atoms with E-state index in [0.29, 0.717) is 30.3 Å². The van der Waals surface area contributed by atoms with Crippen LogP contribution in [0.2, 0.25) is 5.02 Å². The Bertz CT molecular complexity index is 876. The lowest BCUT2D eigenvalue weighted by Crippen LogP contribution is -2.48. The number of methoxy groups -OCH3 is 1. The number of ether oxygens (including phenoxy) is 3. The van der Waals surface area contributed by atoms with Crippen molar-refractivity contribution in [3.63, 3.8) is 0 Å². The number of hydrogen-bond acceptors (Lipinski definition) is 5. The number of amides is 1. The molecule has 4 rings (SSSR count). The highest BCUT2D eigenvalue weighted by molar-refractivity contribution is 6.30. The second-order valence-electron chi connectivity index (χ2n) is 7.99. The Labute approximate surface area is 188 Å². The van der Waals surface area contributed by atoms with Crippen LogP contribution in [0.3, 0.4) is 0 Å². The molecule has 2 fully saturated rings. The summed E-state index contributed by atoms with van der Waals surface area (Å²) in [6, 6.07) is 13.1. The van der Waals surface area contributed by atoms with Crippen molar-refractivity contribution >= 4 is 17.5 Å². The number of rotatable bonds is 7. The van der Waals surface area contributed by atoms with Crippen molar-refractivity contribution < 1.29 is 19.0 Å². The van der Waals surface area contributed by atoms with Gasteiger partial charge in [0, 0.05) is 55.5 Å². The Morgan fingerprint density at radius 2 is 1.90 bits per heavy atom. The van der Waals surface area contributed by atoms with Crippen LogP contribution in [0.15, 0.2) is 42.5 Å². The van der Waals surface area contributed by atoms with Gasteiger partial charge in [-0.15, -0.1) is 0 Å². The molecule has 2 aromatic rings. The van der Waals surface area contributed by atoms with Gasteiger partial charge in [0.2, 0.25) is 0 Å². The normalized spacial score (nSPS) is 19.4. The molecule has 1 amide bonds. The SMILES string of the molecule is COc1ccc(Cl)cc1CN1CCN(C(=O)c2ccc(OCC3CCCO3)cc2)CC1. The highest BCUT2D eigenvalue weighted by atomic mass is 35.5. The van der Waals surface area contributed by atoms with Crippen LogP contribution >= 0.6 is 11.6 Å². The van der Waals surface area contributed by atoms with Gasteiger partial charge in [0.15, 0.2) is 0 Å². The van der Waals surface area contributed by atoms with Crippen LogP contribution < -0.4 is 9.47 Å². The van der Waals surface area contributed by atoms with Crippen LogP contribution in [-0.2, 0) is 11.3 Å². The highest BCUT2D eigenvalue weighted by Gasteiger charge is 2.23. The van der Waals surface area contributed by atoms with Gasteiger partial charge in [0.25, 0.3) is 5.91 Å². The van der Waals surface area contributed by atoms with Crippen molar-refractivity contribution in [1.82, 2.24) is 9.80 Å². The average Bonchev–Trinajstić information content (AvgIpc) is 3.32. The first-order valence-electron chi connectivity index (χ1n) is 10.8. The smallest absolute Gasteiger partial charge is 0.253 e. The van der Waals surface area contributed by atoms with Crippen molar-refractivity contribution in [2.24, 2.45) is 0 Å². The Hall–Kier alpha value is -2.28. The van der Waals surface area contributed by atoms with Crippen LogP contribution in [0.4, 0.5) is 0 Å². The molecule has 2 aliphatic heterocycles. The maximum Gasteiger partial charge on any atom is 0.253 e. The van der Waals surface area contributed by atoms with Gasteiger partial charge >= 0.3 is 0 Å². The zero-order valence-electron chi connectivity index (χ0n) is 17.9. The summed E-state index contributed by atoms with van der Waals surface area (Å²) in [5.41, 5.74) is 1.75. The fourth-order valence-electron chi connectivity index (χ4n) is 4.06. The van der Waals surface area contributed by atoms with Crippen molar-refractivity contribution in [1.29, 1.82) is 0 Å². The first-order valence-corrected chi connectivity index (χ1v) is 11.2. The molecule has 166 valence electrons. The molecule has 0 N–H and O–H groups in total. The molecule has 0 spiro atoms. The zero-order chi connectivity index (χ0) is 21.6. The number of hydrogen-bond donors (Lipinski definition) is 0. The maximum absolute atomic E-state index is 12.9. The number of piperazine rings is 1. The molecule has 0 saturated carbocycles. The number of benzene rings is 2. The predicted octanol–water partition coefficient (Wildman–Crippen LogP) is 3.86. The quantitative estimate of drug-likeness (QED) is 0.649. The fraction of sp³-hybridized carbons (Fsp3) is 0.458. The van der Waals surface area contributed by atoms with Crippen molar-refractivity contribution in [2.45, 2.75) is 25.5 Å². The third-order valence-electron chi connectivity index (χ3n) is 5.86. The van der Waals surface area contributed by atoms with Crippen molar-refractivity contribution in [3.8, 4) is 11.5 Å². The average molecular weight is 445 g/mol. The van der Waals surface area contributed by atoms with Gasteiger partial charge < -0.3 is 19.1 Å². The van der Waals surface area contributed by atoms with Crippen molar-refractivity contribution in [3.05, 3.63) is 58.6 Å². The molecular formula is C24H29ClN2O4. The van der Waals surface area contributed by atoms with Gasteiger partial charge in [-0.25, -0.2) is 0 Å². The van der Waals surface area contributed by atoms with E-state index in [0.717, 1.165) is 56.1 Å². The summed E-state index contributed by atoms with van der Waals surface area (Å²) in [7, 11) is 1.67. The molecule has 6 nitrogen and oxygen atoms in total. The van der Waals surface area contributed by atoms with E-state index in [4.69, 9.17) is 25.8 Å². The largest absolute Gasteiger partial charge is 0.496 e. The Morgan fingerprint density at radius 1 is 1.13 bits per heavy atom. The lowest BCUT2D eigenvalue weighted by atomic mass is 10.1. The van der Waals surface area contributed by atoms with Crippen molar-refractivity contribution in [2.75, 3.05) is 46.5 Å². The van der Waals surface area contributed by atoms with Crippen LogP contribution in [0, 0.1) is 0 Å². The lowest BCUT2D eigenvalue weighted by Gasteiger charge is -2.35. The Morgan fingerprint density at radius 3 is 2.58 bits per heavy atom. The Kier molecular flexibility index (Phi) is 7.33. The van der Waals surface area contributed by atoms with Crippen LogP contribution in [0.25, 0.3) is 0 Å². The van der Waals surface area contributed by atoms with E-state index in [-0.39, 0.29) is 12.0 Å². The van der Waals surface area contributed by atoms with E-state index >= 15 is 0 Å². The molecule has 1 unspecified atom stereocenters. The lowest BCUT2D eigenvalue weighted by molar-refractivity contribution is 0.0626. The topological polar surface area (TPSA) is 51.2 Å². The third-order valence-corrected chi connectivity index (χ3v) is 6.09. The van der Waals surface area contributed by atoms with Gasteiger partial charge in [0.05, 0.1) is 13.2 Å². The molecule has 2 saturated heterocycles. The summed E-state index contributed by atoms with van der Waals surface area (Å²) in [5, 5.41) is 0.702. The van der Waals surface area contributed by atoms with E-state index < -0.39 is 0 Å². The van der Waals surface area contributed by atoms with E-state index in [9.17, 15) is 4.79 Å². The van der Waals surface area contributed by atoms with Gasteiger partial charge in [-0.05, 0) is 55.3 Å². The van der Waals surface area contributed by atoms with Gasteiger partial charge in [-0.2, -0.15) is 0 Å². The molecule has 7 heteroatoms. The van der Waals surface area contributed by atoms with Crippen LogP contribution in [0.5, 0.6) is 11.5 Å². The first kappa shape index (κ1) is 21.9. The molecule has 0 aromatic heterocycles. The second-order valence-corrected chi connectivity index (χ2v) is 8.43. The fourth-order valence-corrected chi connectivity index (χ4v) is 4.26. The number of halogens is 1. The van der Waals surface area contributed by atoms with Gasteiger partial charge in [-0.1, -0.05) is 11.6 Å². The predicted molar refractivity (Wildman–Crippen MR) is 120 cm³/mol. The minimum Gasteiger partial charge on any atom is -0.496 e. The first-order chi connectivity index (χ1) is 15.1. The molecule has 0 bridgehead atoms. The molecule has 1 atom stereocenters. The second kappa shape index (κ2) is 10.4. The highest BCUT2D eigenvalue weighted by Crippen LogP contribution is 2.25. The third kappa shape index (κ3) is 5.70. The van der Waals surface area contributed by atoms with Crippen LogP contribution in [0.1, 0.15) is 28.8 Å². The molecule has 2 aromatic carbocycles. The summed E-state index contributed by atoms with van der Waals surface area (Å²) < 4.78 is 16.8. The Balaban J connectivity index is 1.27.